The summed E-state index contributed by atoms with van der Waals surface area (Å²) in [7, 11) is 0. The van der Waals surface area contributed by atoms with Gasteiger partial charge in [-0.05, 0) is 55.7 Å². The van der Waals surface area contributed by atoms with Gasteiger partial charge >= 0.3 is 0 Å². The summed E-state index contributed by atoms with van der Waals surface area (Å²) in [6, 6.07) is 12.0. The third kappa shape index (κ3) is 4.62. The summed E-state index contributed by atoms with van der Waals surface area (Å²) in [5.74, 6) is -0.507. The molecule has 1 aliphatic rings. The lowest BCUT2D eigenvalue weighted by atomic mass is 10.1. The standard InChI is InChI=1S/C20H21ClN2O3/c1-13-7-8-16(11-18(13)21)23-20(25)15-5-2-4-14(10-15)19(24)22-12-17-6-3-9-26-17/h2,4-5,7-8,10-11,17H,3,6,9,12H2,1H3,(H,22,24)(H,23,25). The molecule has 26 heavy (non-hydrogen) atoms. The van der Waals surface area contributed by atoms with E-state index in [0.717, 1.165) is 25.0 Å². The van der Waals surface area contributed by atoms with Gasteiger partial charge in [0.1, 0.15) is 0 Å². The minimum atomic E-state index is -0.293. The van der Waals surface area contributed by atoms with E-state index in [1.165, 1.54) is 0 Å². The van der Waals surface area contributed by atoms with Gasteiger partial charge in [0.2, 0.25) is 0 Å². The van der Waals surface area contributed by atoms with Crippen LogP contribution in [0.25, 0.3) is 0 Å². The second-order valence-corrected chi connectivity index (χ2v) is 6.75. The Balaban J connectivity index is 1.64. The van der Waals surface area contributed by atoms with Gasteiger partial charge in [-0.1, -0.05) is 23.7 Å². The zero-order valence-corrected chi connectivity index (χ0v) is 15.3. The van der Waals surface area contributed by atoms with Gasteiger partial charge in [0.05, 0.1) is 6.10 Å². The number of carbonyl (C=O) groups excluding carboxylic acids is 2. The molecule has 1 unspecified atom stereocenters. The Kier molecular flexibility index (Phi) is 5.91. The monoisotopic (exact) mass is 372 g/mol. The van der Waals surface area contributed by atoms with Gasteiger partial charge in [0, 0.05) is 35.0 Å². The second kappa shape index (κ2) is 8.34. The summed E-state index contributed by atoms with van der Waals surface area (Å²) in [6.45, 7) is 3.13. The van der Waals surface area contributed by atoms with Crippen LogP contribution in [0, 0.1) is 6.92 Å². The number of hydrogen-bond donors (Lipinski definition) is 2. The fourth-order valence-electron chi connectivity index (χ4n) is 2.79. The highest BCUT2D eigenvalue weighted by Crippen LogP contribution is 2.20. The molecule has 5 nitrogen and oxygen atoms in total. The average molecular weight is 373 g/mol. The summed E-state index contributed by atoms with van der Waals surface area (Å²) in [5.41, 5.74) is 2.40. The minimum absolute atomic E-state index is 0.0803. The summed E-state index contributed by atoms with van der Waals surface area (Å²) in [6.07, 6.45) is 2.07. The van der Waals surface area contributed by atoms with Crippen LogP contribution in [0.1, 0.15) is 39.1 Å². The normalized spacial score (nSPS) is 16.3. The average Bonchev–Trinajstić information content (AvgIpc) is 3.16. The van der Waals surface area contributed by atoms with Gasteiger partial charge in [-0.3, -0.25) is 9.59 Å². The van der Waals surface area contributed by atoms with Gasteiger partial charge in [0.25, 0.3) is 11.8 Å². The number of ether oxygens (including phenoxy) is 1. The minimum Gasteiger partial charge on any atom is -0.376 e. The first-order chi connectivity index (χ1) is 12.5. The molecule has 3 rings (SSSR count). The largest absolute Gasteiger partial charge is 0.376 e. The Hall–Kier alpha value is -2.37. The highest BCUT2D eigenvalue weighted by Gasteiger charge is 2.17. The van der Waals surface area contributed by atoms with Crippen molar-refractivity contribution in [1.82, 2.24) is 5.32 Å². The SMILES string of the molecule is Cc1ccc(NC(=O)c2cccc(C(=O)NCC3CCCO3)c2)cc1Cl. The zero-order valence-electron chi connectivity index (χ0n) is 14.5. The maximum atomic E-state index is 12.4. The van der Waals surface area contributed by atoms with E-state index in [0.29, 0.717) is 28.4 Å². The van der Waals surface area contributed by atoms with E-state index in [-0.39, 0.29) is 17.9 Å². The maximum Gasteiger partial charge on any atom is 0.255 e. The number of amides is 2. The lowest BCUT2D eigenvalue weighted by Gasteiger charge is -2.11. The summed E-state index contributed by atoms with van der Waals surface area (Å²) >= 11 is 6.08. The molecule has 2 N–H and O–H groups in total. The number of rotatable bonds is 5. The first kappa shape index (κ1) is 18.4. The van der Waals surface area contributed by atoms with Crippen LogP contribution in [0.2, 0.25) is 5.02 Å². The van der Waals surface area contributed by atoms with E-state index in [1.54, 1.807) is 36.4 Å². The molecule has 2 aromatic carbocycles. The van der Waals surface area contributed by atoms with Gasteiger partial charge in [-0.25, -0.2) is 0 Å². The molecule has 1 fully saturated rings. The summed E-state index contributed by atoms with van der Waals surface area (Å²) in [4.78, 5) is 24.7. The van der Waals surface area contributed by atoms with Crippen LogP contribution >= 0.6 is 11.6 Å². The predicted octanol–water partition coefficient (Wildman–Crippen LogP) is 3.81. The molecule has 0 aromatic heterocycles. The van der Waals surface area contributed by atoms with Crippen molar-refractivity contribution < 1.29 is 14.3 Å². The van der Waals surface area contributed by atoms with Gasteiger partial charge in [-0.15, -0.1) is 0 Å². The van der Waals surface area contributed by atoms with Crippen LogP contribution < -0.4 is 10.6 Å². The van der Waals surface area contributed by atoms with Gasteiger partial charge in [-0.2, -0.15) is 0 Å². The molecule has 6 heteroatoms. The molecule has 1 saturated heterocycles. The zero-order chi connectivity index (χ0) is 18.5. The van der Waals surface area contributed by atoms with Crippen LogP contribution in [0.5, 0.6) is 0 Å². The molecular weight excluding hydrogens is 352 g/mol. The van der Waals surface area contributed by atoms with Crippen molar-refractivity contribution in [2.24, 2.45) is 0 Å². The van der Waals surface area contributed by atoms with Crippen molar-refractivity contribution in [2.75, 3.05) is 18.5 Å². The Morgan fingerprint density at radius 3 is 2.62 bits per heavy atom. The highest BCUT2D eigenvalue weighted by atomic mass is 35.5. The molecule has 0 saturated carbocycles. The molecule has 136 valence electrons. The van der Waals surface area contributed by atoms with Crippen molar-refractivity contribution >= 4 is 29.1 Å². The van der Waals surface area contributed by atoms with Crippen LogP contribution in [0.4, 0.5) is 5.69 Å². The Morgan fingerprint density at radius 2 is 1.92 bits per heavy atom. The molecule has 1 aliphatic heterocycles. The van der Waals surface area contributed by atoms with E-state index < -0.39 is 0 Å². The maximum absolute atomic E-state index is 12.4. The Morgan fingerprint density at radius 1 is 1.15 bits per heavy atom. The predicted molar refractivity (Wildman–Crippen MR) is 102 cm³/mol. The lowest BCUT2D eigenvalue weighted by molar-refractivity contribution is 0.0858. The second-order valence-electron chi connectivity index (χ2n) is 6.34. The summed E-state index contributed by atoms with van der Waals surface area (Å²) in [5, 5.41) is 6.24. The fourth-order valence-corrected chi connectivity index (χ4v) is 2.97. The summed E-state index contributed by atoms with van der Waals surface area (Å²) < 4.78 is 5.50. The molecule has 1 atom stereocenters. The topological polar surface area (TPSA) is 67.4 Å². The molecule has 2 aromatic rings. The molecule has 1 heterocycles. The third-order valence-corrected chi connectivity index (χ3v) is 4.74. The molecule has 0 aliphatic carbocycles. The number of hydrogen-bond acceptors (Lipinski definition) is 3. The molecule has 0 radical (unpaired) electrons. The van der Waals surface area contributed by atoms with E-state index in [2.05, 4.69) is 10.6 Å². The van der Waals surface area contributed by atoms with E-state index in [9.17, 15) is 9.59 Å². The van der Waals surface area contributed by atoms with Crippen molar-refractivity contribution in [3.8, 4) is 0 Å². The van der Waals surface area contributed by atoms with Crippen LogP contribution in [0.3, 0.4) is 0 Å². The smallest absolute Gasteiger partial charge is 0.255 e. The Labute approximate surface area is 157 Å². The van der Waals surface area contributed by atoms with Gasteiger partial charge < -0.3 is 15.4 Å². The third-order valence-electron chi connectivity index (χ3n) is 4.33. The number of aryl methyl sites for hydroxylation is 1. The Bertz CT molecular complexity index is 816. The quantitative estimate of drug-likeness (QED) is 0.838. The van der Waals surface area contributed by atoms with Crippen LogP contribution in [-0.2, 0) is 4.74 Å². The first-order valence-corrected chi connectivity index (χ1v) is 8.98. The van der Waals surface area contributed by atoms with Crippen molar-refractivity contribution in [2.45, 2.75) is 25.9 Å². The number of carbonyl (C=O) groups is 2. The van der Waals surface area contributed by atoms with E-state index in [1.807, 2.05) is 13.0 Å². The molecule has 2 amide bonds. The molecule has 0 bridgehead atoms. The van der Waals surface area contributed by atoms with Crippen molar-refractivity contribution in [1.29, 1.82) is 0 Å². The van der Waals surface area contributed by atoms with Crippen LogP contribution in [-0.4, -0.2) is 31.1 Å². The number of halogens is 1. The molecule has 0 spiro atoms. The molecular formula is C20H21ClN2O3. The van der Waals surface area contributed by atoms with Crippen molar-refractivity contribution in [3.63, 3.8) is 0 Å². The number of benzene rings is 2. The highest BCUT2D eigenvalue weighted by molar-refractivity contribution is 6.31. The van der Waals surface area contributed by atoms with Crippen molar-refractivity contribution in [3.05, 3.63) is 64.2 Å². The van der Waals surface area contributed by atoms with Gasteiger partial charge in [0.15, 0.2) is 0 Å². The first-order valence-electron chi connectivity index (χ1n) is 8.60. The van der Waals surface area contributed by atoms with E-state index in [4.69, 9.17) is 16.3 Å². The lowest BCUT2D eigenvalue weighted by Crippen LogP contribution is -2.31. The number of nitrogens with one attached hydrogen (secondary N) is 2. The van der Waals surface area contributed by atoms with Crippen LogP contribution in [0.15, 0.2) is 42.5 Å². The van der Waals surface area contributed by atoms with E-state index >= 15 is 0 Å². The fraction of sp³-hybridized carbons (Fsp3) is 0.300. The number of anilines is 1.